The molecule has 0 atom stereocenters. The van der Waals surface area contributed by atoms with E-state index < -0.39 is 5.97 Å². The first-order valence-corrected chi connectivity index (χ1v) is 7.55. The topological polar surface area (TPSA) is 86.1 Å². The van der Waals surface area contributed by atoms with Crippen LogP contribution in [0.4, 0.5) is 0 Å². The Bertz CT molecular complexity index is 963. The van der Waals surface area contributed by atoms with E-state index in [9.17, 15) is 10.1 Å². The molecule has 0 aliphatic heterocycles. The Kier molecular flexibility index (Phi) is 3.97. The molecule has 3 aromatic rings. The third-order valence-electron chi connectivity index (χ3n) is 4.10. The number of aromatic nitrogens is 1. The fraction of sp³-hybridized carbons (Fsp3) is 0.158. The van der Waals surface area contributed by atoms with Crippen molar-refractivity contribution in [3.63, 3.8) is 0 Å². The molecular formula is C19H16N2O3. The van der Waals surface area contributed by atoms with Gasteiger partial charge in [-0.3, -0.25) is 0 Å². The first-order chi connectivity index (χ1) is 11.6. The summed E-state index contributed by atoms with van der Waals surface area (Å²) in [7, 11) is 1.61. The lowest BCUT2D eigenvalue weighted by atomic mass is 10.0. The lowest BCUT2D eigenvalue weighted by Gasteiger charge is -2.05. The molecule has 0 saturated heterocycles. The van der Waals surface area contributed by atoms with Gasteiger partial charge >= 0.3 is 5.97 Å². The van der Waals surface area contributed by atoms with Gasteiger partial charge in [-0.05, 0) is 35.7 Å². The number of ether oxygens (including phenoxy) is 1. The fourth-order valence-corrected chi connectivity index (χ4v) is 2.89. The largest absolute Gasteiger partial charge is 0.497 e. The van der Waals surface area contributed by atoms with Gasteiger partial charge in [-0.2, -0.15) is 5.26 Å². The van der Waals surface area contributed by atoms with Crippen LogP contribution in [0, 0.1) is 11.3 Å². The summed E-state index contributed by atoms with van der Waals surface area (Å²) >= 11 is 0. The van der Waals surface area contributed by atoms with Crippen molar-refractivity contribution in [3.05, 3.63) is 53.1 Å². The Morgan fingerprint density at radius 1 is 1.29 bits per heavy atom. The molecule has 5 heteroatoms. The molecule has 0 amide bonds. The van der Waals surface area contributed by atoms with E-state index in [1.165, 1.54) is 12.1 Å². The van der Waals surface area contributed by atoms with Crippen LogP contribution in [-0.4, -0.2) is 23.2 Å². The Labute approximate surface area is 139 Å². The number of aromatic amines is 1. The van der Waals surface area contributed by atoms with Crippen molar-refractivity contribution in [2.75, 3.05) is 7.11 Å². The molecule has 24 heavy (non-hydrogen) atoms. The second-order valence-corrected chi connectivity index (χ2v) is 5.43. The van der Waals surface area contributed by atoms with Gasteiger partial charge in [0.05, 0.1) is 29.4 Å². The van der Waals surface area contributed by atoms with E-state index in [1.807, 2.05) is 19.1 Å². The van der Waals surface area contributed by atoms with E-state index in [1.54, 1.807) is 19.2 Å². The normalized spacial score (nSPS) is 10.5. The highest BCUT2D eigenvalue weighted by Crippen LogP contribution is 2.34. The van der Waals surface area contributed by atoms with E-state index in [2.05, 4.69) is 11.1 Å². The minimum Gasteiger partial charge on any atom is -0.497 e. The number of H-pyrrole nitrogens is 1. The van der Waals surface area contributed by atoms with Gasteiger partial charge in [0.25, 0.3) is 0 Å². The molecule has 0 fully saturated rings. The quantitative estimate of drug-likeness (QED) is 0.761. The number of nitrogens with one attached hydrogen (secondary N) is 1. The minimum atomic E-state index is -0.975. The first kappa shape index (κ1) is 15.6. The highest BCUT2D eigenvalue weighted by molar-refractivity contribution is 5.97. The van der Waals surface area contributed by atoms with Crippen LogP contribution in [0.3, 0.4) is 0 Å². The van der Waals surface area contributed by atoms with Gasteiger partial charge in [0.1, 0.15) is 11.8 Å². The molecule has 0 saturated carbocycles. The van der Waals surface area contributed by atoms with E-state index in [0.717, 1.165) is 34.2 Å². The van der Waals surface area contributed by atoms with Gasteiger partial charge in [-0.15, -0.1) is 0 Å². The standard InChI is InChI=1S/C19H16N2O3/c1-3-11-8-14(24-2)9-16-17(11)15(10-20)18(21-16)12-4-6-13(7-5-12)19(22)23/h4-9,21H,3H2,1-2H3,(H,22,23). The second-order valence-electron chi connectivity index (χ2n) is 5.43. The zero-order valence-electron chi connectivity index (χ0n) is 13.4. The molecule has 0 aliphatic carbocycles. The molecule has 0 spiro atoms. The van der Waals surface area contributed by atoms with E-state index >= 15 is 0 Å². The van der Waals surface area contributed by atoms with Crippen molar-refractivity contribution in [1.82, 2.24) is 4.98 Å². The minimum absolute atomic E-state index is 0.212. The number of carbonyl (C=O) groups is 1. The summed E-state index contributed by atoms with van der Waals surface area (Å²) < 4.78 is 5.33. The summed E-state index contributed by atoms with van der Waals surface area (Å²) in [5.74, 6) is -0.241. The van der Waals surface area contributed by atoms with E-state index in [0.29, 0.717) is 11.3 Å². The number of hydrogen-bond acceptors (Lipinski definition) is 3. The van der Waals surface area contributed by atoms with Gasteiger partial charge in [-0.25, -0.2) is 4.79 Å². The lowest BCUT2D eigenvalue weighted by molar-refractivity contribution is 0.0697. The molecule has 0 unspecified atom stereocenters. The van der Waals surface area contributed by atoms with Crippen molar-refractivity contribution in [2.24, 2.45) is 0 Å². The fourth-order valence-electron chi connectivity index (χ4n) is 2.89. The van der Waals surface area contributed by atoms with Crippen LogP contribution in [0.25, 0.3) is 22.2 Å². The maximum atomic E-state index is 11.0. The van der Waals surface area contributed by atoms with Gasteiger partial charge in [-0.1, -0.05) is 19.1 Å². The van der Waals surface area contributed by atoms with Crippen LogP contribution in [0.1, 0.15) is 28.4 Å². The predicted molar refractivity (Wildman–Crippen MR) is 91.3 cm³/mol. The maximum Gasteiger partial charge on any atom is 0.335 e. The Balaban J connectivity index is 2.25. The smallest absolute Gasteiger partial charge is 0.335 e. The van der Waals surface area contributed by atoms with Crippen molar-refractivity contribution in [1.29, 1.82) is 5.26 Å². The average molecular weight is 320 g/mol. The molecule has 0 radical (unpaired) electrons. The number of carboxylic acid groups (broad SMARTS) is 1. The third kappa shape index (κ3) is 2.48. The summed E-state index contributed by atoms with van der Waals surface area (Å²) in [6.45, 7) is 2.03. The monoisotopic (exact) mass is 320 g/mol. The number of aromatic carboxylic acids is 1. The van der Waals surface area contributed by atoms with Crippen LogP contribution < -0.4 is 4.74 Å². The number of methoxy groups -OCH3 is 1. The zero-order valence-corrected chi connectivity index (χ0v) is 13.4. The number of carboxylic acids is 1. The molecule has 0 bridgehead atoms. The highest BCUT2D eigenvalue weighted by Gasteiger charge is 2.17. The number of nitrogens with zero attached hydrogens (tertiary/aromatic N) is 1. The molecule has 120 valence electrons. The van der Waals surface area contributed by atoms with Crippen molar-refractivity contribution < 1.29 is 14.6 Å². The first-order valence-electron chi connectivity index (χ1n) is 7.55. The molecular weight excluding hydrogens is 304 g/mol. The molecule has 1 heterocycles. The summed E-state index contributed by atoms with van der Waals surface area (Å²) in [5.41, 5.74) is 4.10. The van der Waals surface area contributed by atoms with Crippen molar-refractivity contribution >= 4 is 16.9 Å². The van der Waals surface area contributed by atoms with Crippen LogP contribution in [-0.2, 0) is 6.42 Å². The van der Waals surface area contributed by atoms with Gasteiger partial charge in [0.15, 0.2) is 0 Å². The Morgan fingerprint density at radius 2 is 2.00 bits per heavy atom. The van der Waals surface area contributed by atoms with Crippen LogP contribution in [0.15, 0.2) is 36.4 Å². The molecule has 3 rings (SSSR count). The molecule has 1 aromatic heterocycles. The summed E-state index contributed by atoms with van der Waals surface area (Å²) in [4.78, 5) is 14.3. The Hall–Kier alpha value is -3.26. The molecule has 2 aromatic carbocycles. The number of aryl methyl sites for hydroxylation is 1. The predicted octanol–water partition coefficient (Wildman–Crippen LogP) is 3.98. The van der Waals surface area contributed by atoms with Gasteiger partial charge in [0.2, 0.25) is 0 Å². The highest BCUT2D eigenvalue weighted by atomic mass is 16.5. The lowest BCUT2D eigenvalue weighted by Crippen LogP contribution is -1.95. The van der Waals surface area contributed by atoms with E-state index in [4.69, 9.17) is 9.84 Å². The molecule has 5 nitrogen and oxygen atoms in total. The van der Waals surface area contributed by atoms with Crippen molar-refractivity contribution in [3.8, 4) is 23.1 Å². The zero-order chi connectivity index (χ0) is 17.3. The summed E-state index contributed by atoms with van der Waals surface area (Å²) in [6, 6.07) is 12.6. The van der Waals surface area contributed by atoms with E-state index in [-0.39, 0.29) is 5.56 Å². The third-order valence-corrected chi connectivity index (χ3v) is 4.10. The number of benzene rings is 2. The van der Waals surface area contributed by atoms with Gasteiger partial charge < -0.3 is 14.8 Å². The van der Waals surface area contributed by atoms with Crippen LogP contribution in [0.2, 0.25) is 0 Å². The summed E-state index contributed by atoms with van der Waals surface area (Å²) in [6.07, 6.45) is 0.775. The maximum absolute atomic E-state index is 11.0. The Morgan fingerprint density at radius 3 is 2.54 bits per heavy atom. The molecule has 0 aliphatic rings. The number of fused-ring (bicyclic) bond motifs is 1. The second kappa shape index (κ2) is 6.09. The summed E-state index contributed by atoms with van der Waals surface area (Å²) in [5, 5.41) is 19.6. The van der Waals surface area contributed by atoms with Crippen LogP contribution in [0.5, 0.6) is 5.75 Å². The van der Waals surface area contributed by atoms with Gasteiger partial charge in [0, 0.05) is 11.5 Å². The van der Waals surface area contributed by atoms with Crippen molar-refractivity contribution in [2.45, 2.75) is 13.3 Å². The SMILES string of the molecule is CCc1cc(OC)cc2[nH]c(-c3ccc(C(=O)O)cc3)c(C#N)c12. The number of rotatable bonds is 4. The molecule has 2 N–H and O–H groups in total. The number of hydrogen-bond donors (Lipinski definition) is 2. The van der Waals surface area contributed by atoms with Crippen LogP contribution >= 0.6 is 0 Å². The number of nitriles is 1. The average Bonchev–Trinajstić information content (AvgIpc) is 2.99.